The van der Waals surface area contributed by atoms with Crippen molar-refractivity contribution in [2.24, 2.45) is 0 Å². The Labute approximate surface area is 215 Å². The quantitative estimate of drug-likeness (QED) is 0.244. The van der Waals surface area contributed by atoms with Gasteiger partial charge in [0.1, 0.15) is 16.4 Å². The zero-order valence-electron chi connectivity index (χ0n) is 19.5. The molecule has 2 rings (SSSR count). The van der Waals surface area contributed by atoms with Crippen LogP contribution in [0.15, 0.2) is 47.4 Å². The molecule has 0 aliphatic carbocycles. The zero-order chi connectivity index (χ0) is 22.5. The maximum absolute atomic E-state index is 11.8. The maximum atomic E-state index is 11.8. The molecule has 2 aromatic carbocycles. The van der Waals surface area contributed by atoms with E-state index in [4.69, 9.17) is 4.74 Å². The maximum Gasteiger partial charge on any atom is 1.00 e. The number of ether oxygens (including phenoxy) is 1. The van der Waals surface area contributed by atoms with Crippen molar-refractivity contribution >= 4 is 10.1 Å². The van der Waals surface area contributed by atoms with Gasteiger partial charge in [0.25, 0.3) is 10.1 Å². The van der Waals surface area contributed by atoms with Crippen LogP contribution in [0.4, 0.5) is 0 Å². The summed E-state index contributed by atoms with van der Waals surface area (Å²) in [4.78, 5) is -0.313. The van der Waals surface area contributed by atoms with Gasteiger partial charge in [0.15, 0.2) is 0 Å². The summed E-state index contributed by atoms with van der Waals surface area (Å²) in [6.45, 7) is 2.24. The number of hydrogen-bond donors (Lipinski definition) is 1. The average molecular weight is 471 g/mol. The topological polar surface area (TPSA) is 86.7 Å². The van der Waals surface area contributed by atoms with Gasteiger partial charge in [-0.05, 0) is 36.6 Å². The van der Waals surface area contributed by atoms with Gasteiger partial charge >= 0.3 is 29.6 Å². The van der Waals surface area contributed by atoms with Crippen LogP contribution in [0.1, 0.15) is 83.1 Å². The molecule has 0 radical (unpaired) electrons. The third-order valence-corrected chi connectivity index (χ3v) is 6.33. The molecule has 0 fully saturated rings. The second-order valence-electron chi connectivity index (χ2n) is 8.08. The molecular weight excluding hydrogens is 435 g/mol. The summed E-state index contributed by atoms with van der Waals surface area (Å²) in [5.74, 6) is 0.147. The molecule has 0 saturated heterocycles. The Hall–Kier alpha value is -1.05. The van der Waals surface area contributed by atoms with E-state index < -0.39 is 10.1 Å². The van der Waals surface area contributed by atoms with Crippen LogP contribution in [0.25, 0.3) is 0 Å². The third kappa shape index (κ3) is 10.7. The molecule has 0 saturated carbocycles. The number of rotatable bonds is 15. The molecule has 0 amide bonds. The molecule has 7 heteroatoms. The van der Waals surface area contributed by atoms with Gasteiger partial charge in [-0.1, -0.05) is 95.4 Å². The Kier molecular flexibility index (Phi) is 14.2. The molecule has 2 aromatic rings. The molecule has 0 aliphatic heterocycles. The second-order valence-corrected chi connectivity index (χ2v) is 9.47. The van der Waals surface area contributed by atoms with Gasteiger partial charge in [0.05, 0.1) is 0 Å². The van der Waals surface area contributed by atoms with E-state index >= 15 is 0 Å². The summed E-state index contributed by atoms with van der Waals surface area (Å²) in [5.41, 5.74) is 0.862. The first kappa shape index (κ1) is 29.0. The number of unbranched alkanes of at least 4 members (excludes halogenated alkanes) is 10. The van der Waals surface area contributed by atoms with Gasteiger partial charge in [-0.15, -0.1) is 5.75 Å². The molecule has 1 N–H and O–H groups in total. The first-order valence-electron chi connectivity index (χ1n) is 11.5. The minimum absolute atomic E-state index is 0. The standard InChI is InChI=1S/C25H36O5S.Na/c1-2-3-4-5-6-7-8-9-10-11-12-15-21-18-19-22(26)20-24(21)30-23-16-13-14-17-25(23)31(27,28)29;/h13-14,16-20,26H,2-12,15H2,1H3,(H,27,28,29);/q;+1/p-1. The Morgan fingerprint density at radius 1 is 0.812 bits per heavy atom. The molecule has 0 bridgehead atoms. The molecular formula is C25H35NaO5S. The van der Waals surface area contributed by atoms with Crippen molar-refractivity contribution in [3.63, 3.8) is 0 Å². The van der Waals surface area contributed by atoms with Gasteiger partial charge in [0, 0.05) is 0 Å². The molecule has 0 heterocycles. The molecule has 172 valence electrons. The number of aryl methyl sites for hydroxylation is 1. The van der Waals surface area contributed by atoms with E-state index in [0.717, 1.165) is 24.8 Å². The normalized spacial score (nSPS) is 11.2. The predicted octanol–water partition coefficient (Wildman–Crippen LogP) is 3.66. The Bertz CT molecular complexity index is 899. The SMILES string of the molecule is CCCCCCCCCCCCCc1ccc([O-])cc1Oc1ccccc1S(=O)(=O)O.[Na+]. The van der Waals surface area contributed by atoms with Gasteiger partial charge < -0.3 is 9.84 Å². The Morgan fingerprint density at radius 3 is 1.97 bits per heavy atom. The van der Waals surface area contributed by atoms with Crippen molar-refractivity contribution in [2.75, 3.05) is 0 Å². The van der Waals surface area contributed by atoms with Crippen molar-refractivity contribution in [1.82, 2.24) is 0 Å². The van der Waals surface area contributed by atoms with Crippen LogP contribution in [-0.2, 0) is 16.5 Å². The van der Waals surface area contributed by atoms with Crippen LogP contribution in [0.3, 0.4) is 0 Å². The summed E-state index contributed by atoms with van der Waals surface area (Å²) in [5, 5.41) is 11.8. The molecule has 32 heavy (non-hydrogen) atoms. The summed E-state index contributed by atoms with van der Waals surface area (Å²) in [6, 6.07) is 10.5. The van der Waals surface area contributed by atoms with Crippen LogP contribution >= 0.6 is 0 Å². The van der Waals surface area contributed by atoms with Gasteiger partial charge in [-0.2, -0.15) is 8.42 Å². The number of benzene rings is 2. The summed E-state index contributed by atoms with van der Waals surface area (Å²) in [6.07, 6.45) is 14.6. The summed E-state index contributed by atoms with van der Waals surface area (Å²) >= 11 is 0. The van der Waals surface area contributed by atoms with E-state index in [0.29, 0.717) is 5.75 Å². The Balaban J connectivity index is 0.00000512. The van der Waals surface area contributed by atoms with Crippen LogP contribution < -0.4 is 39.4 Å². The fourth-order valence-electron chi connectivity index (χ4n) is 3.68. The summed E-state index contributed by atoms with van der Waals surface area (Å²) < 4.78 is 38.4. The molecule has 0 aromatic heterocycles. The van der Waals surface area contributed by atoms with E-state index in [1.165, 1.54) is 88.1 Å². The van der Waals surface area contributed by atoms with Crippen molar-refractivity contribution < 1.29 is 52.4 Å². The minimum Gasteiger partial charge on any atom is -0.872 e. The third-order valence-electron chi connectivity index (χ3n) is 5.44. The van der Waals surface area contributed by atoms with Crippen LogP contribution in [0.5, 0.6) is 17.2 Å². The molecule has 0 unspecified atom stereocenters. The van der Waals surface area contributed by atoms with Crippen LogP contribution in [0, 0.1) is 0 Å². The largest absolute Gasteiger partial charge is 1.00 e. The molecule has 0 spiro atoms. The fourth-order valence-corrected chi connectivity index (χ4v) is 4.30. The number of para-hydroxylation sites is 1. The number of hydrogen-bond acceptors (Lipinski definition) is 4. The van der Waals surface area contributed by atoms with Gasteiger partial charge in [-0.25, -0.2) is 0 Å². The molecule has 0 aliphatic rings. The monoisotopic (exact) mass is 470 g/mol. The average Bonchev–Trinajstić information content (AvgIpc) is 2.73. The Morgan fingerprint density at radius 2 is 1.38 bits per heavy atom. The minimum atomic E-state index is -4.42. The van der Waals surface area contributed by atoms with Crippen molar-refractivity contribution in [3.05, 3.63) is 48.0 Å². The first-order valence-corrected chi connectivity index (χ1v) is 12.9. The summed E-state index contributed by atoms with van der Waals surface area (Å²) in [7, 11) is -4.42. The van der Waals surface area contributed by atoms with E-state index in [1.54, 1.807) is 12.1 Å². The van der Waals surface area contributed by atoms with Gasteiger partial charge in [-0.3, -0.25) is 4.55 Å². The predicted molar refractivity (Wildman–Crippen MR) is 122 cm³/mol. The van der Waals surface area contributed by atoms with Crippen molar-refractivity contribution in [2.45, 2.75) is 88.9 Å². The van der Waals surface area contributed by atoms with E-state index in [9.17, 15) is 18.1 Å². The molecule has 5 nitrogen and oxygen atoms in total. The van der Waals surface area contributed by atoms with Crippen molar-refractivity contribution in [3.8, 4) is 17.2 Å². The van der Waals surface area contributed by atoms with E-state index in [1.807, 2.05) is 0 Å². The van der Waals surface area contributed by atoms with E-state index in [2.05, 4.69) is 6.92 Å². The van der Waals surface area contributed by atoms with E-state index in [-0.39, 0.29) is 46.0 Å². The van der Waals surface area contributed by atoms with Crippen molar-refractivity contribution in [1.29, 1.82) is 0 Å². The molecule has 0 atom stereocenters. The van der Waals surface area contributed by atoms with Crippen LogP contribution in [-0.4, -0.2) is 13.0 Å². The smallest absolute Gasteiger partial charge is 0.872 e. The first-order chi connectivity index (χ1) is 14.9. The second kappa shape index (κ2) is 15.7. The fraction of sp³-hybridized carbons (Fsp3) is 0.520. The zero-order valence-corrected chi connectivity index (χ0v) is 22.3. The van der Waals surface area contributed by atoms with Gasteiger partial charge in [0.2, 0.25) is 0 Å². The van der Waals surface area contributed by atoms with Crippen LogP contribution in [0.2, 0.25) is 0 Å².